The molecule has 0 radical (unpaired) electrons. The van der Waals surface area contributed by atoms with Crippen LogP contribution in [-0.2, 0) is 19.9 Å². The topological polar surface area (TPSA) is 127 Å². The third kappa shape index (κ3) is 4.73. The van der Waals surface area contributed by atoms with Crippen molar-refractivity contribution in [2.45, 2.75) is 95.6 Å². The third-order valence-electron chi connectivity index (χ3n) is 6.21. The van der Waals surface area contributed by atoms with Crippen LogP contribution in [0.1, 0.15) is 77.5 Å². The van der Waals surface area contributed by atoms with Gasteiger partial charge in [0.1, 0.15) is 11.3 Å². The molecule has 1 fully saturated rings. The second-order valence-corrected chi connectivity index (χ2v) is 8.35. The molecular formula is C21H32N4O5. The summed E-state index contributed by atoms with van der Waals surface area (Å²) in [5, 5.41) is 31.8. The van der Waals surface area contributed by atoms with Crippen molar-refractivity contribution < 1.29 is 24.5 Å². The highest BCUT2D eigenvalue weighted by Gasteiger charge is 2.41. The molecule has 1 aromatic heterocycles. The molecule has 1 heterocycles. The Hall–Kier alpha value is -2.26. The van der Waals surface area contributed by atoms with Crippen molar-refractivity contribution in [2.24, 2.45) is 0 Å². The van der Waals surface area contributed by atoms with Crippen LogP contribution in [0.25, 0.3) is 0 Å². The van der Waals surface area contributed by atoms with E-state index in [2.05, 4.69) is 15.6 Å². The highest BCUT2D eigenvalue weighted by atomic mass is 16.5. The standard InChI is InChI=1S/C21H32N4O5/c1-4-15(5-2)30-17-11-14(20(27)28)10-16(19(17)22-13(3)26)25-12-18(23-24-25)21(29)8-6-7-9-21/h10,12,15-17,19,29H,4-9,11H2,1-3H3,(H,22,26)(H,27,28)/t16-,17+,19+/m0/s1. The number of aromatic nitrogens is 3. The van der Waals surface area contributed by atoms with Crippen LogP contribution in [0.15, 0.2) is 17.8 Å². The van der Waals surface area contributed by atoms with Gasteiger partial charge in [-0.25, -0.2) is 9.48 Å². The van der Waals surface area contributed by atoms with Gasteiger partial charge in [-0.2, -0.15) is 0 Å². The Kier molecular flexibility index (Phi) is 6.92. The Labute approximate surface area is 176 Å². The van der Waals surface area contributed by atoms with E-state index in [-0.39, 0.29) is 24.0 Å². The molecule has 3 atom stereocenters. The summed E-state index contributed by atoms with van der Waals surface area (Å²) in [5.74, 6) is -1.25. The summed E-state index contributed by atoms with van der Waals surface area (Å²) in [4.78, 5) is 23.8. The minimum Gasteiger partial charge on any atom is -0.478 e. The Morgan fingerprint density at radius 3 is 2.57 bits per heavy atom. The van der Waals surface area contributed by atoms with Crippen LogP contribution < -0.4 is 5.32 Å². The number of nitrogens with one attached hydrogen (secondary N) is 1. The van der Waals surface area contributed by atoms with Crippen LogP contribution in [-0.4, -0.2) is 55.3 Å². The molecule has 1 amide bonds. The van der Waals surface area contributed by atoms with Gasteiger partial charge in [0.15, 0.2) is 0 Å². The monoisotopic (exact) mass is 420 g/mol. The first kappa shape index (κ1) is 22.4. The van der Waals surface area contributed by atoms with Crippen molar-refractivity contribution in [2.75, 3.05) is 0 Å². The highest BCUT2D eigenvalue weighted by Crippen LogP contribution is 2.38. The van der Waals surface area contributed by atoms with Gasteiger partial charge in [-0.3, -0.25) is 4.79 Å². The molecule has 9 nitrogen and oxygen atoms in total. The van der Waals surface area contributed by atoms with Gasteiger partial charge >= 0.3 is 5.97 Å². The molecule has 3 N–H and O–H groups in total. The van der Waals surface area contributed by atoms with E-state index in [1.165, 1.54) is 11.6 Å². The lowest BCUT2D eigenvalue weighted by Gasteiger charge is -2.38. The van der Waals surface area contributed by atoms with E-state index in [0.29, 0.717) is 18.5 Å². The molecule has 0 spiro atoms. The average Bonchev–Trinajstić information content (AvgIpc) is 3.36. The third-order valence-corrected chi connectivity index (χ3v) is 6.21. The lowest BCUT2D eigenvalue weighted by molar-refractivity contribution is -0.134. The minimum atomic E-state index is -1.02. The van der Waals surface area contributed by atoms with Crippen LogP contribution in [0.2, 0.25) is 0 Å². The number of aliphatic hydroxyl groups is 1. The molecule has 0 saturated heterocycles. The summed E-state index contributed by atoms with van der Waals surface area (Å²) in [6, 6.07) is -1.08. The number of carbonyl (C=O) groups is 2. The predicted octanol–water partition coefficient (Wildman–Crippen LogP) is 2.07. The first-order valence-corrected chi connectivity index (χ1v) is 10.8. The molecule has 1 aromatic rings. The molecule has 0 aromatic carbocycles. The lowest BCUT2D eigenvalue weighted by atomic mass is 9.87. The number of carboxylic acids is 1. The van der Waals surface area contributed by atoms with Crippen LogP contribution >= 0.6 is 0 Å². The van der Waals surface area contributed by atoms with Crippen molar-refractivity contribution in [1.82, 2.24) is 20.3 Å². The molecule has 0 bridgehead atoms. The predicted molar refractivity (Wildman–Crippen MR) is 109 cm³/mol. The van der Waals surface area contributed by atoms with Gasteiger partial charge in [0.05, 0.1) is 30.5 Å². The molecular weight excluding hydrogens is 388 g/mol. The molecule has 3 rings (SSSR count). The number of aliphatic carboxylic acids is 1. The van der Waals surface area contributed by atoms with E-state index < -0.39 is 29.8 Å². The van der Waals surface area contributed by atoms with Crippen LogP contribution in [0, 0.1) is 0 Å². The largest absolute Gasteiger partial charge is 0.478 e. The van der Waals surface area contributed by atoms with Gasteiger partial charge in [-0.1, -0.05) is 31.9 Å². The van der Waals surface area contributed by atoms with Crippen molar-refractivity contribution in [1.29, 1.82) is 0 Å². The van der Waals surface area contributed by atoms with Crippen molar-refractivity contribution in [3.63, 3.8) is 0 Å². The maximum absolute atomic E-state index is 12.0. The smallest absolute Gasteiger partial charge is 0.331 e. The Morgan fingerprint density at radius 2 is 2.00 bits per heavy atom. The van der Waals surface area contributed by atoms with E-state index in [1.807, 2.05) is 13.8 Å². The molecule has 0 unspecified atom stereocenters. The van der Waals surface area contributed by atoms with Crippen molar-refractivity contribution >= 4 is 11.9 Å². The summed E-state index contributed by atoms with van der Waals surface area (Å²) >= 11 is 0. The maximum atomic E-state index is 12.0. The van der Waals surface area contributed by atoms with Gasteiger partial charge in [-0.05, 0) is 31.8 Å². The van der Waals surface area contributed by atoms with Gasteiger partial charge in [0.2, 0.25) is 5.91 Å². The number of amides is 1. The number of carboxylic acid groups (broad SMARTS) is 1. The summed E-state index contributed by atoms with van der Waals surface area (Å²) in [7, 11) is 0. The lowest BCUT2D eigenvalue weighted by Crippen LogP contribution is -2.52. The van der Waals surface area contributed by atoms with Crippen LogP contribution in [0.3, 0.4) is 0 Å². The summed E-state index contributed by atoms with van der Waals surface area (Å²) < 4.78 is 7.77. The van der Waals surface area contributed by atoms with Gasteiger partial charge < -0.3 is 20.3 Å². The second-order valence-electron chi connectivity index (χ2n) is 8.35. The average molecular weight is 421 g/mol. The Morgan fingerprint density at radius 1 is 1.33 bits per heavy atom. The first-order chi connectivity index (χ1) is 14.3. The molecule has 9 heteroatoms. The van der Waals surface area contributed by atoms with Gasteiger partial charge in [0.25, 0.3) is 0 Å². The van der Waals surface area contributed by atoms with E-state index in [9.17, 15) is 19.8 Å². The Balaban J connectivity index is 1.97. The fourth-order valence-electron chi connectivity index (χ4n) is 4.47. The summed E-state index contributed by atoms with van der Waals surface area (Å²) in [6.45, 7) is 5.46. The minimum absolute atomic E-state index is 0.0365. The molecule has 0 aliphatic heterocycles. The zero-order valence-electron chi connectivity index (χ0n) is 17.9. The fourth-order valence-corrected chi connectivity index (χ4v) is 4.47. The SMILES string of the molecule is CCC(CC)O[C@@H]1CC(C(=O)O)=C[C@H](n2cc(C3(O)CCCC3)nn2)[C@H]1NC(C)=O. The molecule has 1 saturated carbocycles. The van der Waals surface area contributed by atoms with Gasteiger partial charge in [-0.15, -0.1) is 5.10 Å². The van der Waals surface area contributed by atoms with Crippen molar-refractivity contribution in [3.8, 4) is 0 Å². The number of carbonyl (C=O) groups excluding carboxylic acids is 1. The van der Waals surface area contributed by atoms with E-state index in [4.69, 9.17) is 4.74 Å². The number of nitrogens with zero attached hydrogens (tertiary/aromatic N) is 3. The number of hydrogen-bond acceptors (Lipinski definition) is 6. The molecule has 30 heavy (non-hydrogen) atoms. The zero-order valence-corrected chi connectivity index (χ0v) is 17.9. The van der Waals surface area contributed by atoms with Crippen LogP contribution in [0.4, 0.5) is 0 Å². The highest BCUT2D eigenvalue weighted by molar-refractivity contribution is 5.87. The number of hydrogen-bond donors (Lipinski definition) is 3. The quantitative estimate of drug-likeness (QED) is 0.587. The zero-order chi connectivity index (χ0) is 21.9. The molecule has 166 valence electrons. The first-order valence-electron chi connectivity index (χ1n) is 10.8. The second kappa shape index (κ2) is 9.26. The molecule has 2 aliphatic rings. The maximum Gasteiger partial charge on any atom is 0.331 e. The van der Waals surface area contributed by atoms with Crippen molar-refractivity contribution in [3.05, 3.63) is 23.5 Å². The molecule has 2 aliphatic carbocycles. The number of rotatable bonds is 8. The Bertz CT molecular complexity index is 795. The summed E-state index contributed by atoms with van der Waals surface area (Å²) in [5.41, 5.74) is -0.301. The number of ether oxygens (including phenoxy) is 1. The van der Waals surface area contributed by atoms with E-state index >= 15 is 0 Å². The van der Waals surface area contributed by atoms with Crippen LogP contribution in [0.5, 0.6) is 0 Å². The van der Waals surface area contributed by atoms with E-state index in [0.717, 1.165) is 25.7 Å². The fraction of sp³-hybridized carbons (Fsp3) is 0.714. The van der Waals surface area contributed by atoms with Gasteiger partial charge in [0, 0.05) is 18.9 Å². The van der Waals surface area contributed by atoms with E-state index in [1.54, 1.807) is 12.3 Å². The summed E-state index contributed by atoms with van der Waals surface area (Å²) in [6.07, 6.45) is 7.60. The normalized spacial score (nSPS) is 25.9.